The third-order valence-corrected chi connectivity index (χ3v) is 2.84. The average molecular weight is 292 g/mol. The molecule has 0 aliphatic heterocycles. The highest BCUT2D eigenvalue weighted by Gasteiger charge is 2.17. The number of hydrogen-bond donors (Lipinski definition) is 2. The van der Waals surface area contributed by atoms with Crippen LogP contribution in [-0.2, 0) is 16.0 Å². The van der Waals surface area contributed by atoms with Crippen LogP contribution in [0, 0.1) is 5.92 Å². The van der Waals surface area contributed by atoms with Crippen molar-refractivity contribution in [2.75, 3.05) is 13.1 Å². The summed E-state index contributed by atoms with van der Waals surface area (Å²) in [6.07, 6.45) is 0.111. The van der Waals surface area contributed by atoms with Crippen molar-refractivity contribution in [3.8, 4) is 0 Å². The van der Waals surface area contributed by atoms with Crippen LogP contribution < -0.4 is 5.73 Å². The Kier molecular flexibility index (Phi) is 5.90. The minimum absolute atomic E-state index is 0.107. The maximum absolute atomic E-state index is 12.2. The highest BCUT2D eigenvalue weighted by atomic mass is 16.4. The number of hydrogen-bond acceptors (Lipinski definition) is 3. The van der Waals surface area contributed by atoms with E-state index in [1.54, 1.807) is 12.1 Å². The van der Waals surface area contributed by atoms with E-state index in [9.17, 15) is 14.4 Å². The Morgan fingerprint density at radius 1 is 1.19 bits per heavy atom. The number of amides is 2. The van der Waals surface area contributed by atoms with Gasteiger partial charge in [-0.2, -0.15) is 0 Å². The number of carbonyl (C=O) groups is 3. The van der Waals surface area contributed by atoms with Gasteiger partial charge in [-0.05, 0) is 23.6 Å². The third-order valence-electron chi connectivity index (χ3n) is 2.84. The molecule has 0 saturated carbocycles. The van der Waals surface area contributed by atoms with Crippen LogP contribution >= 0.6 is 0 Å². The summed E-state index contributed by atoms with van der Waals surface area (Å²) in [5, 5.41) is 8.82. The van der Waals surface area contributed by atoms with Gasteiger partial charge in [0, 0.05) is 6.54 Å². The highest BCUT2D eigenvalue weighted by Crippen LogP contribution is 2.08. The molecule has 0 saturated heterocycles. The summed E-state index contributed by atoms with van der Waals surface area (Å²) in [6.45, 7) is 4.24. The molecule has 0 spiro atoms. The standard InChI is InChI=1S/C15H20N2O4/c1-10(2)8-17(9-13(16)18)14(19)7-11-3-5-12(6-4-11)15(20)21/h3-6,10H,7-9H2,1-2H3,(H2,16,18)(H,20,21). The van der Waals surface area contributed by atoms with Crippen LogP contribution in [-0.4, -0.2) is 40.9 Å². The van der Waals surface area contributed by atoms with Crippen molar-refractivity contribution < 1.29 is 19.5 Å². The molecule has 1 aromatic carbocycles. The number of primary amides is 1. The van der Waals surface area contributed by atoms with Crippen molar-refractivity contribution in [2.45, 2.75) is 20.3 Å². The zero-order valence-electron chi connectivity index (χ0n) is 12.2. The first-order valence-electron chi connectivity index (χ1n) is 6.68. The van der Waals surface area contributed by atoms with Crippen molar-refractivity contribution >= 4 is 17.8 Å². The summed E-state index contributed by atoms with van der Waals surface area (Å²) in [4.78, 5) is 35.4. The minimum Gasteiger partial charge on any atom is -0.478 e. The zero-order valence-corrected chi connectivity index (χ0v) is 12.2. The maximum atomic E-state index is 12.2. The number of carboxylic acid groups (broad SMARTS) is 1. The summed E-state index contributed by atoms with van der Waals surface area (Å²) in [7, 11) is 0. The van der Waals surface area contributed by atoms with Crippen LogP contribution in [0.15, 0.2) is 24.3 Å². The van der Waals surface area contributed by atoms with E-state index < -0.39 is 11.9 Å². The Bertz CT molecular complexity index is 523. The number of rotatable bonds is 7. The summed E-state index contributed by atoms with van der Waals surface area (Å²) in [5.41, 5.74) is 6.02. The van der Waals surface area contributed by atoms with Gasteiger partial charge in [-0.25, -0.2) is 4.79 Å². The van der Waals surface area contributed by atoms with Crippen LogP contribution in [0.2, 0.25) is 0 Å². The normalized spacial score (nSPS) is 10.4. The van der Waals surface area contributed by atoms with E-state index in [0.717, 1.165) is 0 Å². The molecule has 6 nitrogen and oxygen atoms in total. The third kappa shape index (κ3) is 5.64. The molecule has 1 aromatic rings. The van der Waals surface area contributed by atoms with Crippen LogP contribution in [0.4, 0.5) is 0 Å². The van der Waals surface area contributed by atoms with Gasteiger partial charge in [0.05, 0.1) is 18.5 Å². The van der Waals surface area contributed by atoms with Crippen LogP contribution in [0.5, 0.6) is 0 Å². The molecule has 21 heavy (non-hydrogen) atoms. The largest absolute Gasteiger partial charge is 0.478 e. The van der Waals surface area contributed by atoms with Crippen LogP contribution in [0.25, 0.3) is 0 Å². The Morgan fingerprint density at radius 3 is 2.19 bits per heavy atom. The van der Waals surface area contributed by atoms with E-state index in [2.05, 4.69) is 0 Å². The summed E-state index contributed by atoms with van der Waals surface area (Å²) in [6, 6.07) is 6.09. The van der Waals surface area contributed by atoms with Crippen molar-refractivity contribution in [2.24, 2.45) is 11.7 Å². The van der Waals surface area contributed by atoms with Gasteiger partial charge in [-0.3, -0.25) is 9.59 Å². The Morgan fingerprint density at radius 2 is 1.76 bits per heavy atom. The van der Waals surface area contributed by atoms with E-state index in [4.69, 9.17) is 10.8 Å². The Balaban J connectivity index is 2.75. The Hall–Kier alpha value is -2.37. The number of nitrogens with zero attached hydrogens (tertiary/aromatic N) is 1. The first-order chi connectivity index (χ1) is 9.79. The summed E-state index contributed by atoms with van der Waals surface area (Å²) < 4.78 is 0. The topological polar surface area (TPSA) is 101 Å². The van der Waals surface area contributed by atoms with Gasteiger partial charge in [0.15, 0.2) is 0 Å². The molecule has 3 N–H and O–H groups in total. The molecule has 2 amide bonds. The first kappa shape index (κ1) is 16.7. The lowest BCUT2D eigenvalue weighted by Gasteiger charge is -2.23. The van der Waals surface area contributed by atoms with Gasteiger partial charge in [0.1, 0.15) is 0 Å². The molecular formula is C15H20N2O4. The number of aromatic carboxylic acids is 1. The second-order valence-corrected chi connectivity index (χ2v) is 5.31. The van der Waals surface area contributed by atoms with Gasteiger partial charge in [-0.15, -0.1) is 0 Å². The fraction of sp³-hybridized carbons (Fsp3) is 0.400. The molecule has 0 radical (unpaired) electrons. The van der Waals surface area contributed by atoms with Gasteiger partial charge < -0.3 is 15.7 Å². The number of carbonyl (C=O) groups excluding carboxylic acids is 2. The minimum atomic E-state index is -1.01. The van der Waals surface area contributed by atoms with E-state index in [1.165, 1.54) is 17.0 Å². The predicted octanol–water partition coefficient (Wildman–Crippen LogP) is 0.897. The lowest BCUT2D eigenvalue weighted by molar-refractivity contribution is -0.135. The van der Waals surface area contributed by atoms with Crippen LogP contribution in [0.3, 0.4) is 0 Å². The molecule has 0 aliphatic rings. The number of carboxylic acids is 1. The van der Waals surface area contributed by atoms with E-state index >= 15 is 0 Å². The smallest absolute Gasteiger partial charge is 0.335 e. The van der Waals surface area contributed by atoms with Gasteiger partial charge in [0.2, 0.25) is 11.8 Å². The fourth-order valence-electron chi connectivity index (χ4n) is 1.94. The summed E-state index contributed by atoms with van der Waals surface area (Å²) in [5.74, 6) is -1.54. The molecule has 114 valence electrons. The van der Waals surface area contributed by atoms with Gasteiger partial charge in [-0.1, -0.05) is 26.0 Å². The van der Waals surface area contributed by atoms with E-state index in [1.807, 2.05) is 13.8 Å². The lowest BCUT2D eigenvalue weighted by Crippen LogP contribution is -2.41. The molecule has 6 heteroatoms. The fourth-order valence-corrected chi connectivity index (χ4v) is 1.94. The highest BCUT2D eigenvalue weighted by molar-refractivity contribution is 5.88. The lowest BCUT2D eigenvalue weighted by atomic mass is 10.1. The molecule has 0 atom stereocenters. The Labute approximate surface area is 123 Å². The average Bonchev–Trinajstić information content (AvgIpc) is 2.37. The molecular weight excluding hydrogens is 272 g/mol. The molecule has 0 aliphatic carbocycles. The molecule has 0 heterocycles. The van der Waals surface area contributed by atoms with Gasteiger partial charge in [0.25, 0.3) is 0 Å². The SMILES string of the molecule is CC(C)CN(CC(N)=O)C(=O)Cc1ccc(C(=O)O)cc1. The van der Waals surface area contributed by atoms with E-state index in [0.29, 0.717) is 12.1 Å². The second kappa shape index (κ2) is 7.42. The maximum Gasteiger partial charge on any atom is 0.335 e. The molecule has 1 rings (SSSR count). The molecule has 0 unspecified atom stereocenters. The van der Waals surface area contributed by atoms with Crippen molar-refractivity contribution in [1.29, 1.82) is 0 Å². The van der Waals surface area contributed by atoms with Crippen LogP contribution in [0.1, 0.15) is 29.8 Å². The summed E-state index contributed by atoms with van der Waals surface area (Å²) >= 11 is 0. The molecule has 0 bridgehead atoms. The predicted molar refractivity (Wildman–Crippen MR) is 77.7 cm³/mol. The monoisotopic (exact) mass is 292 g/mol. The molecule has 0 fully saturated rings. The number of nitrogens with two attached hydrogens (primary N) is 1. The van der Waals surface area contributed by atoms with Gasteiger partial charge >= 0.3 is 5.97 Å². The van der Waals surface area contributed by atoms with E-state index in [-0.39, 0.29) is 30.4 Å². The van der Waals surface area contributed by atoms with Crippen molar-refractivity contribution in [1.82, 2.24) is 4.90 Å². The zero-order chi connectivity index (χ0) is 16.0. The molecule has 0 aromatic heterocycles. The first-order valence-corrected chi connectivity index (χ1v) is 6.68. The van der Waals surface area contributed by atoms with Crippen molar-refractivity contribution in [3.05, 3.63) is 35.4 Å². The second-order valence-electron chi connectivity index (χ2n) is 5.31. The quantitative estimate of drug-likeness (QED) is 0.779. The number of benzene rings is 1. The van der Waals surface area contributed by atoms with Crippen molar-refractivity contribution in [3.63, 3.8) is 0 Å².